The van der Waals surface area contributed by atoms with E-state index in [1.54, 1.807) is 12.1 Å². The Morgan fingerprint density at radius 3 is 2.14 bits per heavy atom. The Morgan fingerprint density at radius 1 is 1.00 bits per heavy atom. The second kappa shape index (κ2) is 6.07. The lowest BCUT2D eigenvalue weighted by Crippen LogP contribution is -2.54. The van der Waals surface area contributed by atoms with Gasteiger partial charge in [-0.3, -0.25) is 4.79 Å². The minimum atomic E-state index is -0.620. The highest BCUT2D eigenvalue weighted by Crippen LogP contribution is 2.70. The summed E-state index contributed by atoms with van der Waals surface area (Å²) in [7, 11) is 0. The number of rotatable bonds is 1. The zero-order valence-electron chi connectivity index (χ0n) is 17.5. The summed E-state index contributed by atoms with van der Waals surface area (Å²) in [6.07, 6.45) is 3.92. The van der Waals surface area contributed by atoms with Crippen LogP contribution in [0, 0.1) is 11.3 Å². The molecule has 2 atom stereocenters. The Labute approximate surface area is 182 Å². The number of aromatic nitrogens is 2. The number of nitrogens with zero attached hydrogens (tertiary/aromatic N) is 3. The van der Waals surface area contributed by atoms with Crippen LogP contribution in [0.1, 0.15) is 64.8 Å². The van der Waals surface area contributed by atoms with Gasteiger partial charge in [0.2, 0.25) is 5.91 Å². The average molecular weight is 432 g/mol. The van der Waals surface area contributed by atoms with E-state index >= 15 is 0 Å². The molecular weight excluding hydrogens is 405 g/mol. The Balaban J connectivity index is 1.72. The molecule has 6 heteroatoms. The minimum Gasteiger partial charge on any atom is -0.342 e. The molecule has 154 valence electrons. The number of hydrogen-bond acceptors (Lipinski definition) is 3. The zero-order valence-corrected chi connectivity index (χ0v) is 19.0. The van der Waals surface area contributed by atoms with Crippen molar-refractivity contribution in [2.24, 2.45) is 11.3 Å². The van der Waals surface area contributed by atoms with Gasteiger partial charge in [0.1, 0.15) is 0 Å². The van der Waals surface area contributed by atoms with Gasteiger partial charge in [-0.15, -0.1) is 0 Å². The molecule has 2 unspecified atom stereocenters. The van der Waals surface area contributed by atoms with Crippen molar-refractivity contribution in [3.63, 3.8) is 0 Å². The fourth-order valence-corrected chi connectivity index (χ4v) is 6.37. The molecule has 1 saturated heterocycles. The summed E-state index contributed by atoms with van der Waals surface area (Å²) in [6.45, 7) is 10.7. The molecular formula is C23H27Cl2N3O. The van der Waals surface area contributed by atoms with Crippen LogP contribution < -0.4 is 0 Å². The van der Waals surface area contributed by atoms with E-state index in [-0.39, 0.29) is 16.7 Å². The number of benzene rings is 1. The van der Waals surface area contributed by atoms with Gasteiger partial charge in [-0.1, -0.05) is 50.9 Å². The van der Waals surface area contributed by atoms with Gasteiger partial charge in [-0.05, 0) is 49.1 Å². The standard InChI is InChI=1S/C23H27Cl2N3O/c1-13-5-9-28(10-6-13)20(29)23-8-7-22(4,21(23,2)3)18-19(23)27-17-12-15(25)14(24)11-16(17)26-18/h11-13H,5-10H2,1-4H3. The summed E-state index contributed by atoms with van der Waals surface area (Å²) in [6, 6.07) is 3.56. The fourth-order valence-electron chi connectivity index (χ4n) is 6.05. The molecule has 0 spiro atoms. The van der Waals surface area contributed by atoms with Crippen LogP contribution in [0.15, 0.2) is 12.1 Å². The van der Waals surface area contributed by atoms with Gasteiger partial charge in [0, 0.05) is 18.5 Å². The maximum Gasteiger partial charge on any atom is 0.235 e. The topological polar surface area (TPSA) is 46.1 Å². The van der Waals surface area contributed by atoms with E-state index in [1.807, 2.05) is 0 Å². The Bertz CT molecular complexity index is 1040. The first-order valence-corrected chi connectivity index (χ1v) is 11.3. The van der Waals surface area contributed by atoms with Crippen LogP contribution in [0.4, 0.5) is 0 Å². The second-order valence-electron chi connectivity index (χ2n) is 10.0. The predicted octanol–water partition coefficient (Wildman–Crippen LogP) is 5.52. The molecule has 1 amide bonds. The van der Waals surface area contributed by atoms with Crippen molar-refractivity contribution in [3.8, 4) is 0 Å². The van der Waals surface area contributed by atoms with Gasteiger partial charge in [-0.25, -0.2) is 9.97 Å². The van der Waals surface area contributed by atoms with Gasteiger partial charge < -0.3 is 4.90 Å². The van der Waals surface area contributed by atoms with Crippen molar-refractivity contribution >= 4 is 40.1 Å². The summed E-state index contributed by atoms with van der Waals surface area (Å²) >= 11 is 12.5. The summed E-state index contributed by atoms with van der Waals surface area (Å²) in [5.74, 6) is 0.926. The van der Waals surface area contributed by atoms with Crippen LogP contribution in [0.5, 0.6) is 0 Å². The Morgan fingerprint density at radius 2 is 1.55 bits per heavy atom. The second-order valence-corrected chi connectivity index (χ2v) is 10.8. The molecule has 2 fully saturated rings. The molecule has 2 bridgehead atoms. The van der Waals surface area contributed by atoms with Crippen molar-refractivity contribution in [1.82, 2.24) is 14.9 Å². The lowest BCUT2D eigenvalue weighted by Gasteiger charge is -2.43. The predicted molar refractivity (Wildman–Crippen MR) is 117 cm³/mol. The van der Waals surface area contributed by atoms with Crippen LogP contribution in [-0.2, 0) is 15.6 Å². The molecule has 0 radical (unpaired) electrons. The van der Waals surface area contributed by atoms with Crippen molar-refractivity contribution < 1.29 is 4.79 Å². The first-order valence-electron chi connectivity index (χ1n) is 10.6. The van der Waals surface area contributed by atoms with E-state index in [9.17, 15) is 4.79 Å². The smallest absolute Gasteiger partial charge is 0.235 e. The number of piperidine rings is 1. The molecule has 2 aromatic rings. The SMILES string of the molecule is CC1CCN(C(=O)C23CCC(C)(c4nc5cc(Cl)c(Cl)cc5nc42)C3(C)C)CC1. The highest BCUT2D eigenvalue weighted by atomic mass is 35.5. The first kappa shape index (κ1) is 19.6. The van der Waals surface area contributed by atoms with E-state index < -0.39 is 5.41 Å². The maximum atomic E-state index is 14.1. The van der Waals surface area contributed by atoms with Crippen LogP contribution in [-0.4, -0.2) is 33.9 Å². The molecule has 2 heterocycles. The van der Waals surface area contributed by atoms with Crippen LogP contribution in [0.3, 0.4) is 0 Å². The van der Waals surface area contributed by atoms with Gasteiger partial charge in [-0.2, -0.15) is 0 Å². The Kier molecular flexibility index (Phi) is 4.10. The van der Waals surface area contributed by atoms with Crippen LogP contribution in [0.2, 0.25) is 10.0 Å². The third-order valence-electron chi connectivity index (χ3n) is 8.52. The van der Waals surface area contributed by atoms with Crippen molar-refractivity contribution in [2.45, 2.75) is 64.2 Å². The van der Waals surface area contributed by atoms with Gasteiger partial charge in [0.05, 0.1) is 37.9 Å². The lowest BCUT2D eigenvalue weighted by molar-refractivity contribution is -0.142. The van der Waals surface area contributed by atoms with Crippen molar-refractivity contribution in [1.29, 1.82) is 0 Å². The largest absolute Gasteiger partial charge is 0.342 e. The number of amides is 1. The van der Waals surface area contributed by atoms with Gasteiger partial charge >= 0.3 is 0 Å². The lowest BCUT2D eigenvalue weighted by atomic mass is 9.63. The van der Waals surface area contributed by atoms with Crippen molar-refractivity contribution in [3.05, 3.63) is 33.6 Å². The normalized spacial score (nSPS) is 30.8. The molecule has 1 aromatic carbocycles. The molecule has 3 aliphatic rings. The Hall–Kier alpha value is -1.39. The number of carbonyl (C=O) groups excluding carboxylic acids is 1. The molecule has 5 rings (SSSR count). The van der Waals surface area contributed by atoms with E-state index in [2.05, 4.69) is 32.6 Å². The maximum absolute atomic E-state index is 14.1. The summed E-state index contributed by atoms with van der Waals surface area (Å²) in [5, 5.41) is 0.946. The molecule has 29 heavy (non-hydrogen) atoms. The summed E-state index contributed by atoms with van der Waals surface area (Å²) in [4.78, 5) is 26.2. The third-order valence-corrected chi connectivity index (χ3v) is 9.24. The molecule has 0 N–H and O–H groups in total. The zero-order chi connectivity index (χ0) is 20.8. The van der Waals surface area contributed by atoms with E-state index in [0.29, 0.717) is 21.5 Å². The van der Waals surface area contributed by atoms with Crippen LogP contribution in [0.25, 0.3) is 11.0 Å². The number of fused-ring (bicyclic) bond motifs is 6. The van der Waals surface area contributed by atoms with Gasteiger partial charge in [0.25, 0.3) is 0 Å². The monoisotopic (exact) mass is 431 g/mol. The van der Waals surface area contributed by atoms with Crippen LogP contribution >= 0.6 is 23.2 Å². The average Bonchev–Trinajstić information content (AvgIpc) is 2.97. The van der Waals surface area contributed by atoms with E-state index in [4.69, 9.17) is 33.2 Å². The number of likely N-dealkylation sites (tertiary alicyclic amines) is 1. The number of carbonyl (C=O) groups is 1. The van der Waals surface area contributed by atoms with E-state index in [0.717, 1.165) is 55.7 Å². The van der Waals surface area contributed by atoms with Gasteiger partial charge in [0.15, 0.2) is 0 Å². The number of hydrogen-bond donors (Lipinski definition) is 0. The third kappa shape index (κ3) is 2.31. The highest BCUT2D eigenvalue weighted by molar-refractivity contribution is 6.42. The number of halogens is 2. The summed E-state index contributed by atoms with van der Waals surface area (Å²) < 4.78 is 0. The molecule has 2 aliphatic carbocycles. The quantitative estimate of drug-likeness (QED) is 0.596. The minimum absolute atomic E-state index is 0.186. The highest BCUT2D eigenvalue weighted by Gasteiger charge is 2.73. The summed E-state index contributed by atoms with van der Waals surface area (Å²) in [5.41, 5.74) is 2.23. The van der Waals surface area contributed by atoms with E-state index in [1.165, 1.54) is 0 Å². The van der Waals surface area contributed by atoms with Crippen molar-refractivity contribution in [2.75, 3.05) is 13.1 Å². The first-order chi connectivity index (χ1) is 13.6. The molecule has 1 aromatic heterocycles. The molecule has 1 saturated carbocycles. The fraction of sp³-hybridized carbons (Fsp3) is 0.609. The molecule has 1 aliphatic heterocycles. The molecule has 4 nitrogen and oxygen atoms in total.